The van der Waals surface area contributed by atoms with Gasteiger partial charge in [0.25, 0.3) is 0 Å². The van der Waals surface area contributed by atoms with E-state index < -0.39 is 0 Å². The van der Waals surface area contributed by atoms with Crippen molar-refractivity contribution >= 4 is 26.9 Å². The first-order chi connectivity index (χ1) is 8.70. The molecule has 1 aromatic carbocycles. The fourth-order valence-corrected chi connectivity index (χ4v) is 2.42. The standard InChI is InChI=1S/C15H20BrNO/c1-3-4-5-8-17-11(2)15-10-12-9-13(16)6-7-14(12)18-15/h6-7,9-11,17H,3-5,8H2,1-2H3. The summed E-state index contributed by atoms with van der Waals surface area (Å²) in [6, 6.07) is 8.50. The van der Waals surface area contributed by atoms with Crippen molar-refractivity contribution in [2.75, 3.05) is 6.54 Å². The molecule has 2 rings (SSSR count). The molecule has 1 N–H and O–H groups in total. The first-order valence-electron chi connectivity index (χ1n) is 6.63. The van der Waals surface area contributed by atoms with Crippen LogP contribution in [0.25, 0.3) is 11.0 Å². The lowest BCUT2D eigenvalue weighted by atomic mass is 10.2. The van der Waals surface area contributed by atoms with Crippen LogP contribution in [-0.4, -0.2) is 6.54 Å². The maximum absolute atomic E-state index is 5.86. The van der Waals surface area contributed by atoms with Crippen molar-refractivity contribution in [3.05, 3.63) is 34.5 Å². The predicted molar refractivity (Wildman–Crippen MR) is 79.9 cm³/mol. The van der Waals surface area contributed by atoms with Crippen LogP contribution in [0.2, 0.25) is 0 Å². The molecule has 3 heteroatoms. The summed E-state index contributed by atoms with van der Waals surface area (Å²) in [4.78, 5) is 0. The highest BCUT2D eigenvalue weighted by atomic mass is 79.9. The van der Waals surface area contributed by atoms with Crippen LogP contribution < -0.4 is 5.32 Å². The van der Waals surface area contributed by atoms with Crippen LogP contribution in [-0.2, 0) is 0 Å². The summed E-state index contributed by atoms with van der Waals surface area (Å²) in [6.45, 7) is 5.43. The third-order valence-electron chi connectivity index (χ3n) is 3.16. The molecule has 0 aliphatic rings. The van der Waals surface area contributed by atoms with Gasteiger partial charge in [-0.1, -0.05) is 35.7 Å². The second-order valence-corrected chi connectivity index (χ2v) is 5.63. The van der Waals surface area contributed by atoms with E-state index in [1.807, 2.05) is 12.1 Å². The number of fused-ring (bicyclic) bond motifs is 1. The van der Waals surface area contributed by atoms with Gasteiger partial charge in [0.15, 0.2) is 0 Å². The topological polar surface area (TPSA) is 25.2 Å². The molecule has 0 bridgehead atoms. The van der Waals surface area contributed by atoms with Gasteiger partial charge < -0.3 is 9.73 Å². The number of benzene rings is 1. The molecule has 0 aliphatic carbocycles. The van der Waals surface area contributed by atoms with Crippen molar-refractivity contribution in [3.63, 3.8) is 0 Å². The largest absolute Gasteiger partial charge is 0.459 e. The minimum absolute atomic E-state index is 0.271. The third-order valence-corrected chi connectivity index (χ3v) is 3.65. The molecule has 1 heterocycles. The van der Waals surface area contributed by atoms with Crippen molar-refractivity contribution in [2.45, 2.75) is 39.2 Å². The summed E-state index contributed by atoms with van der Waals surface area (Å²) in [5.74, 6) is 1.01. The third kappa shape index (κ3) is 3.36. The van der Waals surface area contributed by atoms with Gasteiger partial charge in [-0.25, -0.2) is 0 Å². The molecule has 0 saturated heterocycles. The Kier molecular flexibility index (Phi) is 4.84. The average Bonchev–Trinajstić information content (AvgIpc) is 2.77. The van der Waals surface area contributed by atoms with Crippen molar-refractivity contribution in [1.82, 2.24) is 5.32 Å². The first-order valence-corrected chi connectivity index (χ1v) is 7.42. The molecule has 1 unspecified atom stereocenters. The molecule has 0 aliphatic heterocycles. The fraction of sp³-hybridized carbons (Fsp3) is 0.467. The molecule has 0 radical (unpaired) electrons. The second-order valence-electron chi connectivity index (χ2n) is 4.71. The molecule has 0 fully saturated rings. The van der Waals surface area contributed by atoms with Gasteiger partial charge in [0.2, 0.25) is 0 Å². The Morgan fingerprint density at radius 1 is 1.28 bits per heavy atom. The molecule has 18 heavy (non-hydrogen) atoms. The zero-order valence-corrected chi connectivity index (χ0v) is 12.6. The van der Waals surface area contributed by atoms with Crippen molar-refractivity contribution in [3.8, 4) is 0 Å². The monoisotopic (exact) mass is 309 g/mol. The van der Waals surface area contributed by atoms with Crippen LogP contribution in [0.3, 0.4) is 0 Å². The number of halogens is 1. The molecule has 2 aromatic rings. The van der Waals surface area contributed by atoms with Gasteiger partial charge in [-0.05, 0) is 44.2 Å². The van der Waals surface area contributed by atoms with Crippen molar-refractivity contribution in [2.24, 2.45) is 0 Å². The molecule has 0 amide bonds. The van der Waals surface area contributed by atoms with Crippen LogP contribution in [0.15, 0.2) is 33.2 Å². The number of hydrogen-bond donors (Lipinski definition) is 1. The maximum Gasteiger partial charge on any atom is 0.134 e. The molecule has 98 valence electrons. The Balaban J connectivity index is 2.01. The molecular formula is C15H20BrNO. The molecule has 0 spiro atoms. The van der Waals surface area contributed by atoms with Gasteiger partial charge in [-0.3, -0.25) is 0 Å². The van der Waals surface area contributed by atoms with Crippen LogP contribution in [0.1, 0.15) is 44.9 Å². The summed E-state index contributed by atoms with van der Waals surface area (Å²) in [5.41, 5.74) is 0.954. The Hall–Kier alpha value is -0.800. The lowest BCUT2D eigenvalue weighted by Gasteiger charge is -2.10. The second kappa shape index (κ2) is 6.39. The Morgan fingerprint density at radius 3 is 2.89 bits per heavy atom. The zero-order valence-electron chi connectivity index (χ0n) is 11.0. The zero-order chi connectivity index (χ0) is 13.0. The number of unbranched alkanes of at least 4 members (excludes halogenated alkanes) is 2. The highest BCUT2D eigenvalue weighted by Crippen LogP contribution is 2.26. The van der Waals surface area contributed by atoms with E-state index in [9.17, 15) is 0 Å². The van der Waals surface area contributed by atoms with E-state index in [0.717, 1.165) is 27.7 Å². The number of nitrogens with one attached hydrogen (secondary N) is 1. The number of rotatable bonds is 6. The van der Waals surface area contributed by atoms with Gasteiger partial charge in [0, 0.05) is 9.86 Å². The van der Waals surface area contributed by atoms with E-state index in [4.69, 9.17) is 4.42 Å². The SMILES string of the molecule is CCCCCNC(C)c1cc2cc(Br)ccc2o1. The van der Waals surface area contributed by atoms with Gasteiger partial charge in [0.05, 0.1) is 6.04 Å². The summed E-state index contributed by atoms with van der Waals surface area (Å²) in [7, 11) is 0. The summed E-state index contributed by atoms with van der Waals surface area (Å²) < 4.78 is 6.95. The fourth-order valence-electron chi connectivity index (χ4n) is 2.04. The number of furan rings is 1. The Labute approximate surface area is 117 Å². The summed E-state index contributed by atoms with van der Waals surface area (Å²) in [6.07, 6.45) is 3.77. The van der Waals surface area contributed by atoms with E-state index in [1.165, 1.54) is 19.3 Å². The Morgan fingerprint density at radius 2 is 2.11 bits per heavy atom. The van der Waals surface area contributed by atoms with E-state index in [1.54, 1.807) is 0 Å². The minimum Gasteiger partial charge on any atom is -0.459 e. The normalized spacial score (nSPS) is 13.1. The van der Waals surface area contributed by atoms with Crippen LogP contribution >= 0.6 is 15.9 Å². The molecular weight excluding hydrogens is 290 g/mol. The predicted octanol–water partition coefficient (Wildman–Crippen LogP) is 5.04. The highest BCUT2D eigenvalue weighted by molar-refractivity contribution is 9.10. The lowest BCUT2D eigenvalue weighted by molar-refractivity contribution is 0.445. The van der Waals surface area contributed by atoms with E-state index in [-0.39, 0.29) is 6.04 Å². The van der Waals surface area contributed by atoms with E-state index >= 15 is 0 Å². The molecule has 1 atom stereocenters. The van der Waals surface area contributed by atoms with Gasteiger partial charge >= 0.3 is 0 Å². The lowest BCUT2D eigenvalue weighted by Crippen LogP contribution is -2.19. The molecule has 2 nitrogen and oxygen atoms in total. The van der Waals surface area contributed by atoms with E-state index in [2.05, 4.69) is 47.2 Å². The smallest absolute Gasteiger partial charge is 0.134 e. The van der Waals surface area contributed by atoms with Crippen LogP contribution in [0.5, 0.6) is 0 Å². The maximum atomic E-state index is 5.86. The number of hydrogen-bond acceptors (Lipinski definition) is 2. The van der Waals surface area contributed by atoms with Gasteiger partial charge in [-0.15, -0.1) is 0 Å². The summed E-state index contributed by atoms with van der Waals surface area (Å²) in [5, 5.41) is 4.66. The quantitative estimate of drug-likeness (QED) is 0.756. The minimum atomic E-state index is 0.271. The highest BCUT2D eigenvalue weighted by Gasteiger charge is 2.10. The van der Waals surface area contributed by atoms with Crippen LogP contribution in [0.4, 0.5) is 0 Å². The van der Waals surface area contributed by atoms with Crippen LogP contribution in [0, 0.1) is 0 Å². The first kappa shape index (κ1) is 13.6. The Bertz CT molecular complexity index is 506. The molecule has 1 aromatic heterocycles. The van der Waals surface area contributed by atoms with Crippen molar-refractivity contribution < 1.29 is 4.42 Å². The average molecular weight is 310 g/mol. The summed E-state index contributed by atoms with van der Waals surface area (Å²) >= 11 is 3.48. The molecule has 0 saturated carbocycles. The van der Waals surface area contributed by atoms with E-state index in [0.29, 0.717) is 0 Å². The van der Waals surface area contributed by atoms with Gasteiger partial charge in [0.1, 0.15) is 11.3 Å². The van der Waals surface area contributed by atoms with Crippen molar-refractivity contribution in [1.29, 1.82) is 0 Å². The van der Waals surface area contributed by atoms with Gasteiger partial charge in [-0.2, -0.15) is 0 Å².